The van der Waals surface area contributed by atoms with Crippen molar-refractivity contribution < 1.29 is 14.0 Å². The maximum absolute atomic E-state index is 14.9. The third-order valence-corrected chi connectivity index (χ3v) is 5.86. The lowest BCUT2D eigenvalue weighted by Crippen LogP contribution is -2.43. The molecule has 0 unspecified atom stereocenters. The van der Waals surface area contributed by atoms with E-state index >= 15 is 0 Å². The van der Waals surface area contributed by atoms with Crippen LogP contribution in [0.4, 0.5) is 4.39 Å². The smallest absolute Gasteiger partial charge is 0.222 e. The number of unbranched alkanes of at least 4 members (excludes halogenated alkanes) is 1. The summed E-state index contributed by atoms with van der Waals surface area (Å²) in [4.78, 5) is 16.5. The molecule has 0 radical (unpaired) electrons. The molecule has 1 aromatic heterocycles. The van der Waals surface area contributed by atoms with E-state index in [0.29, 0.717) is 37.0 Å². The molecular formula is C22H32FN7O2. The van der Waals surface area contributed by atoms with E-state index in [-0.39, 0.29) is 5.82 Å². The SMILES string of the molecule is CCCCOc1ccc(CN(Cc2cnn(C)n2)C2=NC3(CCN(C)CC3)ON2)c(F)c1. The lowest BCUT2D eigenvalue weighted by atomic mass is 10.0. The van der Waals surface area contributed by atoms with Gasteiger partial charge >= 0.3 is 0 Å². The van der Waals surface area contributed by atoms with E-state index in [2.05, 4.69) is 34.5 Å². The molecule has 2 aliphatic heterocycles. The first kappa shape index (κ1) is 22.5. The number of hydroxylamine groups is 1. The summed E-state index contributed by atoms with van der Waals surface area (Å²) in [7, 11) is 3.87. The molecule has 0 bridgehead atoms. The topological polar surface area (TPSA) is 80.0 Å². The van der Waals surface area contributed by atoms with E-state index < -0.39 is 5.72 Å². The van der Waals surface area contributed by atoms with Crippen LogP contribution >= 0.6 is 0 Å². The van der Waals surface area contributed by atoms with Crippen molar-refractivity contribution in [2.45, 2.75) is 51.4 Å². The fraction of sp³-hybridized carbons (Fsp3) is 0.591. The van der Waals surface area contributed by atoms with Crippen LogP contribution in [-0.4, -0.2) is 63.2 Å². The quantitative estimate of drug-likeness (QED) is 0.625. The molecular weight excluding hydrogens is 413 g/mol. The summed E-state index contributed by atoms with van der Waals surface area (Å²) in [5.41, 5.74) is 3.74. The van der Waals surface area contributed by atoms with E-state index in [1.54, 1.807) is 19.3 Å². The number of nitrogens with one attached hydrogen (secondary N) is 1. The predicted molar refractivity (Wildman–Crippen MR) is 118 cm³/mol. The summed E-state index contributed by atoms with van der Waals surface area (Å²) in [6, 6.07) is 5.03. The van der Waals surface area contributed by atoms with Crippen LogP contribution < -0.4 is 10.2 Å². The highest BCUT2D eigenvalue weighted by Crippen LogP contribution is 2.30. The van der Waals surface area contributed by atoms with Crippen LogP contribution in [-0.2, 0) is 25.0 Å². The van der Waals surface area contributed by atoms with Crippen LogP contribution in [0.25, 0.3) is 0 Å². The zero-order chi connectivity index (χ0) is 22.6. The summed E-state index contributed by atoms with van der Waals surface area (Å²) in [6.45, 7) is 5.24. The first-order chi connectivity index (χ1) is 15.5. The standard InChI is InChI=1S/C22H32FN7O2/c1-4-5-12-31-19-7-6-17(20(23)13-19)15-30(16-18-14-24-29(3)26-18)21-25-22(32-27-21)8-10-28(2)11-9-22/h6-7,13-14H,4-5,8-12,15-16H2,1-3H3,(H,25,27). The van der Waals surface area contributed by atoms with Gasteiger partial charge in [-0.1, -0.05) is 19.4 Å². The Morgan fingerprint density at radius 3 is 2.75 bits per heavy atom. The first-order valence-corrected chi connectivity index (χ1v) is 11.2. The number of rotatable bonds is 8. The van der Waals surface area contributed by atoms with Crippen LogP contribution in [0.2, 0.25) is 0 Å². The molecule has 1 aromatic carbocycles. The molecule has 0 aliphatic carbocycles. The molecule has 0 saturated carbocycles. The number of benzene rings is 1. The second-order valence-electron chi connectivity index (χ2n) is 8.53. The van der Waals surface area contributed by atoms with Crippen molar-refractivity contribution >= 4 is 5.96 Å². The number of ether oxygens (including phenoxy) is 1. The minimum atomic E-state index is -0.571. The number of guanidine groups is 1. The number of hydrogen-bond acceptors (Lipinski definition) is 8. The van der Waals surface area contributed by atoms with Crippen molar-refractivity contribution in [1.29, 1.82) is 0 Å². The average Bonchev–Trinajstić information content (AvgIpc) is 3.38. The molecule has 2 aliphatic rings. The Labute approximate surface area is 188 Å². The van der Waals surface area contributed by atoms with E-state index in [0.717, 1.165) is 44.5 Å². The van der Waals surface area contributed by atoms with Crippen molar-refractivity contribution in [1.82, 2.24) is 30.3 Å². The number of piperidine rings is 1. The lowest BCUT2D eigenvalue weighted by Gasteiger charge is -2.33. The minimum absolute atomic E-state index is 0.308. The molecule has 4 rings (SSSR count). The Morgan fingerprint density at radius 1 is 1.25 bits per heavy atom. The molecule has 1 N–H and O–H groups in total. The van der Waals surface area contributed by atoms with Gasteiger partial charge in [0.25, 0.3) is 0 Å². The van der Waals surface area contributed by atoms with Crippen molar-refractivity contribution in [2.24, 2.45) is 12.0 Å². The first-order valence-electron chi connectivity index (χ1n) is 11.2. The van der Waals surface area contributed by atoms with Gasteiger partial charge in [0.05, 0.1) is 19.3 Å². The fourth-order valence-electron chi connectivity index (χ4n) is 3.84. The van der Waals surface area contributed by atoms with Crippen LogP contribution in [0.1, 0.15) is 43.9 Å². The van der Waals surface area contributed by atoms with Crippen LogP contribution in [0.15, 0.2) is 29.4 Å². The summed E-state index contributed by atoms with van der Waals surface area (Å²) >= 11 is 0. The highest BCUT2D eigenvalue weighted by Gasteiger charge is 2.41. The summed E-state index contributed by atoms with van der Waals surface area (Å²) in [5, 5.41) is 8.53. The maximum atomic E-state index is 14.9. The van der Waals surface area contributed by atoms with Crippen LogP contribution in [0.3, 0.4) is 0 Å². The summed E-state index contributed by atoms with van der Waals surface area (Å²) < 4.78 is 20.5. The number of aromatic nitrogens is 3. The largest absolute Gasteiger partial charge is 0.493 e. The van der Waals surface area contributed by atoms with Gasteiger partial charge in [-0.2, -0.15) is 15.0 Å². The maximum Gasteiger partial charge on any atom is 0.222 e. The fourth-order valence-corrected chi connectivity index (χ4v) is 3.84. The molecule has 1 saturated heterocycles. The molecule has 0 atom stereocenters. The van der Waals surface area contributed by atoms with Crippen molar-refractivity contribution in [3.05, 3.63) is 41.5 Å². The average molecular weight is 446 g/mol. The Hall–Kier alpha value is -2.72. The summed E-state index contributed by atoms with van der Waals surface area (Å²) in [5.74, 6) is 0.824. The Balaban J connectivity index is 1.52. The van der Waals surface area contributed by atoms with Gasteiger partial charge in [-0.25, -0.2) is 19.7 Å². The van der Waals surface area contributed by atoms with Gasteiger partial charge in [-0.3, -0.25) is 0 Å². The van der Waals surface area contributed by atoms with Crippen LogP contribution in [0.5, 0.6) is 5.75 Å². The molecule has 10 heteroatoms. The zero-order valence-electron chi connectivity index (χ0n) is 19.1. The van der Waals surface area contributed by atoms with Crippen molar-refractivity contribution in [3.63, 3.8) is 0 Å². The Morgan fingerprint density at radius 2 is 2.06 bits per heavy atom. The highest BCUT2D eigenvalue weighted by molar-refractivity contribution is 5.80. The third-order valence-electron chi connectivity index (χ3n) is 5.86. The zero-order valence-corrected chi connectivity index (χ0v) is 19.1. The molecule has 174 valence electrons. The molecule has 32 heavy (non-hydrogen) atoms. The summed E-state index contributed by atoms with van der Waals surface area (Å²) in [6.07, 6.45) is 5.29. The molecule has 9 nitrogen and oxygen atoms in total. The van der Waals surface area contributed by atoms with E-state index in [4.69, 9.17) is 14.6 Å². The van der Waals surface area contributed by atoms with Crippen LogP contribution in [0, 0.1) is 5.82 Å². The number of nitrogens with zero attached hydrogens (tertiary/aromatic N) is 6. The molecule has 1 fully saturated rings. The Kier molecular flexibility index (Phi) is 6.90. The second-order valence-corrected chi connectivity index (χ2v) is 8.53. The molecule has 2 aromatic rings. The number of likely N-dealkylation sites (tertiary alicyclic amines) is 1. The monoisotopic (exact) mass is 445 g/mol. The predicted octanol–water partition coefficient (Wildman–Crippen LogP) is 2.45. The molecule has 3 heterocycles. The van der Waals surface area contributed by atoms with Gasteiger partial charge in [0, 0.05) is 51.2 Å². The highest BCUT2D eigenvalue weighted by atomic mass is 19.1. The Bertz CT molecular complexity index is 940. The normalized spacial score (nSPS) is 17.9. The number of hydrogen-bond donors (Lipinski definition) is 1. The third kappa shape index (κ3) is 5.36. The van der Waals surface area contributed by atoms with E-state index in [9.17, 15) is 4.39 Å². The van der Waals surface area contributed by atoms with Gasteiger partial charge in [-0.05, 0) is 19.5 Å². The van der Waals surface area contributed by atoms with Gasteiger partial charge in [-0.15, -0.1) is 0 Å². The van der Waals surface area contributed by atoms with E-state index in [1.165, 1.54) is 10.9 Å². The van der Waals surface area contributed by atoms with Gasteiger partial charge in [0.15, 0.2) is 5.72 Å². The molecule has 1 spiro atoms. The second kappa shape index (κ2) is 9.83. The number of aliphatic imine (C=N–C) groups is 1. The van der Waals surface area contributed by atoms with Gasteiger partial charge in [0.2, 0.25) is 5.96 Å². The minimum Gasteiger partial charge on any atom is -0.493 e. The number of halogens is 1. The number of aryl methyl sites for hydroxylation is 1. The van der Waals surface area contributed by atoms with Gasteiger partial charge < -0.3 is 14.5 Å². The molecule has 0 amide bonds. The van der Waals surface area contributed by atoms with Crippen molar-refractivity contribution in [3.8, 4) is 5.75 Å². The lowest BCUT2D eigenvalue weighted by molar-refractivity contribution is -0.0875. The van der Waals surface area contributed by atoms with Crippen molar-refractivity contribution in [2.75, 3.05) is 26.7 Å². The van der Waals surface area contributed by atoms with E-state index in [1.807, 2.05) is 11.0 Å². The van der Waals surface area contributed by atoms with Gasteiger partial charge in [0.1, 0.15) is 17.3 Å².